The lowest BCUT2D eigenvalue weighted by atomic mass is 10.0. The number of hydrogen-bond donors (Lipinski definition) is 1. The van der Waals surface area contributed by atoms with Gasteiger partial charge in [0, 0.05) is 38.6 Å². The molecule has 1 fully saturated rings. The zero-order chi connectivity index (χ0) is 23.9. The number of tetrazole rings is 1. The molecule has 13 heteroatoms. The summed E-state index contributed by atoms with van der Waals surface area (Å²) in [5.74, 6) is 0.634. The minimum absolute atomic E-state index is 0.0428. The van der Waals surface area contributed by atoms with Crippen LogP contribution in [0, 0.1) is 0 Å². The SMILES string of the molecule is C[C@@H]1CN(Cc2nc3c(cc2C(F)(F)F)N(c2ncc(-c4nn[nH]n4)cn2)CCC3)C[C@H](C)O1. The summed E-state index contributed by atoms with van der Waals surface area (Å²) in [6.07, 6.45) is -0.255. The van der Waals surface area contributed by atoms with Crippen LogP contribution in [0.5, 0.6) is 0 Å². The molecule has 5 heterocycles. The van der Waals surface area contributed by atoms with Crippen LogP contribution in [0.2, 0.25) is 0 Å². The maximum atomic E-state index is 14.1. The van der Waals surface area contributed by atoms with Crippen molar-refractivity contribution in [1.29, 1.82) is 0 Å². The van der Waals surface area contributed by atoms with Gasteiger partial charge in [0.25, 0.3) is 0 Å². The van der Waals surface area contributed by atoms with Crippen LogP contribution in [0.4, 0.5) is 24.8 Å². The molecular weight excluding hydrogens is 451 g/mol. The number of hydrogen-bond acceptors (Lipinski definition) is 9. The number of aryl methyl sites for hydroxylation is 1. The van der Waals surface area contributed by atoms with E-state index in [1.807, 2.05) is 18.7 Å². The first-order chi connectivity index (χ1) is 16.3. The molecule has 2 atom stereocenters. The Morgan fingerprint density at radius 3 is 2.53 bits per heavy atom. The van der Waals surface area contributed by atoms with Crippen LogP contribution in [0.25, 0.3) is 11.4 Å². The van der Waals surface area contributed by atoms with E-state index in [2.05, 4.69) is 35.6 Å². The quantitative estimate of drug-likeness (QED) is 0.609. The summed E-state index contributed by atoms with van der Waals surface area (Å²) >= 11 is 0. The highest BCUT2D eigenvalue weighted by atomic mass is 19.4. The highest BCUT2D eigenvalue weighted by Gasteiger charge is 2.38. The van der Waals surface area contributed by atoms with Crippen LogP contribution >= 0.6 is 0 Å². The Morgan fingerprint density at radius 2 is 1.88 bits per heavy atom. The number of fused-ring (bicyclic) bond motifs is 1. The molecule has 0 aromatic carbocycles. The van der Waals surface area contributed by atoms with E-state index < -0.39 is 11.7 Å². The summed E-state index contributed by atoms with van der Waals surface area (Å²) in [7, 11) is 0. The average Bonchev–Trinajstić information content (AvgIpc) is 3.32. The maximum Gasteiger partial charge on any atom is 0.418 e. The minimum atomic E-state index is -4.53. The molecule has 0 aliphatic carbocycles. The third-order valence-corrected chi connectivity index (χ3v) is 5.90. The van der Waals surface area contributed by atoms with Gasteiger partial charge in [-0.15, -0.1) is 10.2 Å². The molecule has 2 aliphatic rings. The monoisotopic (exact) mass is 475 g/mol. The molecule has 5 rings (SSSR count). The van der Waals surface area contributed by atoms with Crippen molar-refractivity contribution in [1.82, 2.24) is 40.5 Å². The fourth-order valence-corrected chi connectivity index (χ4v) is 4.59. The lowest BCUT2D eigenvalue weighted by Gasteiger charge is -2.36. The number of aromatic amines is 1. The fourth-order valence-electron chi connectivity index (χ4n) is 4.59. The molecule has 34 heavy (non-hydrogen) atoms. The molecule has 0 unspecified atom stereocenters. The van der Waals surface area contributed by atoms with Crippen molar-refractivity contribution in [2.45, 2.75) is 51.6 Å². The number of alkyl halides is 3. The van der Waals surface area contributed by atoms with E-state index in [4.69, 9.17) is 4.74 Å². The molecule has 10 nitrogen and oxygen atoms in total. The lowest BCUT2D eigenvalue weighted by Crippen LogP contribution is -2.45. The molecule has 0 radical (unpaired) electrons. The first-order valence-electron chi connectivity index (χ1n) is 11.1. The first kappa shape index (κ1) is 22.6. The largest absolute Gasteiger partial charge is 0.418 e. The zero-order valence-electron chi connectivity index (χ0n) is 18.7. The van der Waals surface area contributed by atoms with Gasteiger partial charge in [-0.2, -0.15) is 18.4 Å². The molecule has 3 aromatic rings. The molecule has 1 saturated heterocycles. The number of rotatable bonds is 4. The van der Waals surface area contributed by atoms with Gasteiger partial charge in [0.1, 0.15) is 0 Å². The van der Waals surface area contributed by atoms with E-state index in [0.29, 0.717) is 54.8 Å². The molecule has 0 bridgehead atoms. The summed E-state index contributed by atoms with van der Waals surface area (Å²) in [5, 5.41) is 13.6. The van der Waals surface area contributed by atoms with Gasteiger partial charge < -0.3 is 9.64 Å². The first-order valence-corrected chi connectivity index (χ1v) is 11.1. The highest BCUT2D eigenvalue weighted by Crippen LogP contribution is 2.39. The number of ether oxygens (including phenoxy) is 1. The Bertz CT molecular complexity index is 1130. The Hall–Kier alpha value is -3.19. The zero-order valence-corrected chi connectivity index (χ0v) is 18.7. The van der Waals surface area contributed by atoms with Crippen LogP contribution in [0.15, 0.2) is 18.5 Å². The van der Waals surface area contributed by atoms with E-state index in [1.54, 1.807) is 4.90 Å². The standard InChI is InChI=1S/C21H24F3N9O/c1-12-9-32(10-13(2)34-12)11-17-15(21(22,23)24)6-18-16(27-17)4-3-5-33(18)20-25-7-14(8-26-20)19-28-30-31-29-19/h6-8,12-13H,3-5,9-11H2,1-2H3,(H,28,29,30,31)/t12-,13+. The van der Waals surface area contributed by atoms with Crippen LogP contribution in [-0.4, -0.2) is 72.3 Å². The lowest BCUT2D eigenvalue weighted by molar-refractivity contribution is -0.139. The summed E-state index contributed by atoms with van der Waals surface area (Å²) in [6, 6.07) is 1.20. The van der Waals surface area contributed by atoms with Crippen LogP contribution < -0.4 is 4.90 Å². The summed E-state index contributed by atoms with van der Waals surface area (Å²) in [5.41, 5.74) is 0.872. The Labute approximate surface area is 193 Å². The predicted molar refractivity (Wildman–Crippen MR) is 115 cm³/mol. The number of anilines is 2. The highest BCUT2D eigenvalue weighted by molar-refractivity contribution is 5.64. The number of nitrogens with zero attached hydrogens (tertiary/aromatic N) is 8. The second-order valence-corrected chi connectivity index (χ2v) is 8.66. The van der Waals surface area contributed by atoms with Crippen molar-refractivity contribution >= 4 is 11.6 Å². The normalized spacial score (nSPS) is 21.5. The Morgan fingerprint density at radius 1 is 1.15 bits per heavy atom. The molecule has 0 saturated carbocycles. The Kier molecular flexibility index (Phi) is 5.90. The van der Waals surface area contributed by atoms with Crippen molar-refractivity contribution in [2.75, 3.05) is 24.5 Å². The van der Waals surface area contributed by atoms with Gasteiger partial charge in [-0.1, -0.05) is 0 Å². The van der Waals surface area contributed by atoms with E-state index >= 15 is 0 Å². The minimum Gasteiger partial charge on any atom is -0.373 e. The molecular formula is C21H24F3N9O. The van der Waals surface area contributed by atoms with E-state index in [9.17, 15) is 13.2 Å². The molecule has 0 spiro atoms. The van der Waals surface area contributed by atoms with Gasteiger partial charge in [-0.25, -0.2) is 9.97 Å². The van der Waals surface area contributed by atoms with Crippen molar-refractivity contribution in [3.63, 3.8) is 0 Å². The van der Waals surface area contributed by atoms with Gasteiger partial charge in [0.05, 0.1) is 40.4 Å². The number of halogens is 3. The summed E-state index contributed by atoms with van der Waals surface area (Å²) in [4.78, 5) is 16.9. The van der Waals surface area contributed by atoms with Crippen LogP contribution in [0.1, 0.15) is 37.2 Å². The third-order valence-electron chi connectivity index (χ3n) is 5.90. The third kappa shape index (κ3) is 4.57. The summed E-state index contributed by atoms with van der Waals surface area (Å²) < 4.78 is 48.0. The van der Waals surface area contributed by atoms with Crippen LogP contribution in [-0.2, 0) is 23.9 Å². The number of pyridine rings is 1. The van der Waals surface area contributed by atoms with Gasteiger partial charge in [0.2, 0.25) is 11.8 Å². The van der Waals surface area contributed by atoms with Gasteiger partial charge in [-0.3, -0.25) is 9.88 Å². The second kappa shape index (κ2) is 8.87. The molecule has 0 amide bonds. The van der Waals surface area contributed by atoms with Crippen molar-refractivity contribution in [3.05, 3.63) is 35.4 Å². The average molecular weight is 475 g/mol. The number of nitrogens with one attached hydrogen (secondary N) is 1. The van der Waals surface area contributed by atoms with E-state index in [0.717, 1.165) is 6.42 Å². The molecule has 180 valence electrons. The maximum absolute atomic E-state index is 14.1. The number of morpholine rings is 1. The van der Waals surface area contributed by atoms with E-state index in [1.165, 1.54) is 18.5 Å². The topological polar surface area (TPSA) is 109 Å². The smallest absolute Gasteiger partial charge is 0.373 e. The van der Waals surface area contributed by atoms with Gasteiger partial charge >= 0.3 is 6.18 Å². The molecule has 3 aromatic heterocycles. The van der Waals surface area contributed by atoms with Crippen molar-refractivity contribution in [3.8, 4) is 11.4 Å². The fraction of sp³-hybridized carbons (Fsp3) is 0.524. The van der Waals surface area contributed by atoms with E-state index in [-0.39, 0.29) is 24.4 Å². The molecule has 1 N–H and O–H groups in total. The van der Waals surface area contributed by atoms with Crippen molar-refractivity contribution in [2.24, 2.45) is 0 Å². The second-order valence-electron chi connectivity index (χ2n) is 8.66. The Balaban J connectivity index is 1.48. The van der Waals surface area contributed by atoms with Gasteiger partial charge in [-0.05, 0) is 38.0 Å². The predicted octanol–water partition coefficient (Wildman–Crippen LogP) is 2.76. The molecule has 2 aliphatic heterocycles. The number of H-pyrrole nitrogens is 1. The summed E-state index contributed by atoms with van der Waals surface area (Å²) in [6.45, 7) is 5.59. The van der Waals surface area contributed by atoms with Gasteiger partial charge in [0.15, 0.2) is 0 Å². The van der Waals surface area contributed by atoms with Crippen LogP contribution in [0.3, 0.4) is 0 Å². The number of aromatic nitrogens is 7. The van der Waals surface area contributed by atoms with Crippen molar-refractivity contribution < 1.29 is 17.9 Å².